The molecule has 3 nitrogen and oxygen atoms in total. The monoisotopic (exact) mass is 293 g/mol. The largest absolute Gasteiger partial charge is 0.389 e. The number of aliphatic hydroxyl groups excluding tert-OH is 1. The molecule has 0 aliphatic rings. The van der Waals surface area contributed by atoms with Crippen LogP contribution in [0.1, 0.15) is 38.7 Å². The fourth-order valence-corrected chi connectivity index (χ4v) is 2.20. The van der Waals surface area contributed by atoms with Gasteiger partial charge in [-0.2, -0.15) is 0 Å². The Bertz CT molecular complexity index is 340. The molecule has 3 heteroatoms. The van der Waals surface area contributed by atoms with Crippen molar-refractivity contribution in [2.45, 2.75) is 45.6 Å². The van der Waals surface area contributed by atoms with Gasteiger partial charge in [0.1, 0.15) is 0 Å². The molecule has 0 aliphatic heterocycles. The predicted molar refractivity (Wildman–Crippen MR) is 88.5 cm³/mol. The molecule has 0 fully saturated rings. The molecule has 2 N–H and O–H groups in total. The number of hydrogen-bond donors (Lipinski definition) is 2. The molecule has 120 valence electrons. The van der Waals surface area contributed by atoms with Crippen LogP contribution in [0.25, 0.3) is 0 Å². The zero-order valence-corrected chi connectivity index (χ0v) is 13.6. The standard InChI is InChI=1S/C18H31NO2/c1-16(2)8-7-13-21-15-18(20)14-19-12-6-11-17-9-4-3-5-10-17/h3-5,9-10,16,18-20H,6-8,11-15H2,1-2H3. The highest BCUT2D eigenvalue weighted by atomic mass is 16.5. The first-order valence-corrected chi connectivity index (χ1v) is 8.19. The summed E-state index contributed by atoms with van der Waals surface area (Å²) >= 11 is 0. The average molecular weight is 293 g/mol. The molecule has 0 aromatic heterocycles. The Morgan fingerprint density at radius 1 is 1.14 bits per heavy atom. The average Bonchev–Trinajstić information content (AvgIpc) is 2.47. The molecule has 1 aromatic rings. The molecule has 1 atom stereocenters. The van der Waals surface area contributed by atoms with Crippen LogP contribution in [-0.2, 0) is 11.2 Å². The molecule has 1 aromatic carbocycles. The van der Waals surface area contributed by atoms with Crippen LogP contribution in [0.4, 0.5) is 0 Å². The molecule has 0 radical (unpaired) electrons. The number of benzene rings is 1. The van der Waals surface area contributed by atoms with Gasteiger partial charge in [0.25, 0.3) is 0 Å². The minimum absolute atomic E-state index is 0.402. The Balaban J connectivity index is 1.90. The third-order valence-electron chi connectivity index (χ3n) is 3.42. The smallest absolute Gasteiger partial charge is 0.0897 e. The van der Waals surface area contributed by atoms with Crippen molar-refractivity contribution in [3.8, 4) is 0 Å². The topological polar surface area (TPSA) is 41.5 Å². The Labute approximate surface area is 129 Å². The van der Waals surface area contributed by atoms with E-state index in [2.05, 4.69) is 43.4 Å². The van der Waals surface area contributed by atoms with Crippen molar-refractivity contribution in [2.75, 3.05) is 26.3 Å². The van der Waals surface area contributed by atoms with E-state index in [0.717, 1.165) is 38.3 Å². The summed E-state index contributed by atoms with van der Waals surface area (Å²) in [5.41, 5.74) is 1.37. The summed E-state index contributed by atoms with van der Waals surface area (Å²) in [6.45, 7) is 7.16. The highest BCUT2D eigenvalue weighted by Gasteiger charge is 2.03. The fourth-order valence-electron chi connectivity index (χ4n) is 2.20. The summed E-state index contributed by atoms with van der Waals surface area (Å²) in [6.07, 6.45) is 4.03. The molecule has 0 saturated carbocycles. The lowest BCUT2D eigenvalue weighted by Gasteiger charge is -2.12. The molecule has 1 rings (SSSR count). The van der Waals surface area contributed by atoms with Gasteiger partial charge in [-0.1, -0.05) is 44.2 Å². The number of aryl methyl sites for hydroxylation is 1. The summed E-state index contributed by atoms with van der Waals surface area (Å²) in [5, 5.41) is 13.1. The van der Waals surface area contributed by atoms with Gasteiger partial charge in [0, 0.05) is 13.2 Å². The summed E-state index contributed by atoms with van der Waals surface area (Å²) in [5.74, 6) is 0.727. The highest BCUT2D eigenvalue weighted by molar-refractivity contribution is 5.14. The molecule has 0 amide bonds. The van der Waals surface area contributed by atoms with E-state index in [1.54, 1.807) is 0 Å². The molecule has 0 bridgehead atoms. The Kier molecular flexibility index (Phi) is 10.1. The van der Waals surface area contributed by atoms with E-state index in [-0.39, 0.29) is 0 Å². The molecule has 1 unspecified atom stereocenters. The van der Waals surface area contributed by atoms with Crippen molar-refractivity contribution >= 4 is 0 Å². The van der Waals surface area contributed by atoms with Gasteiger partial charge in [-0.15, -0.1) is 0 Å². The summed E-state index contributed by atoms with van der Waals surface area (Å²) in [6, 6.07) is 10.5. The maximum absolute atomic E-state index is 9.79. The fraction of sp³-hybridized carbons (Fsp3) is 0.667. The summed E-state index contributed by atoms with van der Waals surface area (Å²) < 4.78 is 5.48. The normalized spacial score (nSPS) is 12.8. The second-order valence-corrected chi connectivity index (χ2v) is 6.06. The first-order chi connectivity index (χ1) is 10.2. The number of hydrogen-bond acceptors (Lipinski definition) is 3. The van der Waals surface area contributed by atoms with Crippen LogP contribution < -0.4 is 5.32 Å². The lowest BCUT2D eigenvalue weighted by Crippen LogP contribution is -2.31. The SMILES string of the molecule is CC(C)CCCOCC(O)CNCCCc1ccccc1. The van der Waals surface area contributed by atoms with Gasteiger partial charge in [-0.05, 0) is 43.7 Å². The summed E-state index contributed by atoms with van der Waals surface area (Å²) in [4.78, 5) is 0. The van der Waals surface area contributed by atoms with Gasteiger partial charge < -0.3 is 15.2 Å². The van der Waals surface area contributed by atoms with Crippen LogP contribution >= 0.6 is 0 Å². The number of ether oxygens (including phenoxy) is 1. The van der Waals surface area contributed by atoms with Crippen molar-refractivity contribution in [1.82, 2.24) is 5.32 Å². The van der Waals surface area contributed by atoms with Crippen molar-refractivity contribution in [3.05, 3.63) is 35.9 Å². The summed E-state index contributed by atoms with van der Waals surface area (Å²) in [7, 11) is 0. The van der Waals surface area contributed by atoms with Gasteiger partial charge in [0.2, 0.25) is 0 Å². The second kappa shape index (κ2) is 11.7. The van der Waals surface area contributed by atoms with E-state index in [1.165, 1.54) is 12.0 Å². The number of aliphatic hydroxyl groups is 1. The third-order valence-corrected chi connectivity index (χ3v) is 3.42. The lowest BCUT2D eigenvalue weighted by atomic mass is 10.1. The van der Waals surface area contributed by atoms with Crippen LogP contribution in [-0.4, -0.2) is 37.5 Å². The van der Waals surface area contributed by atoms with Crippen LogP contribution in [0.2, 0.25) is 0 Å². The van der Waals surface area contributed by atoms with Crippen molar-refractivity contribution in [1.29, 1.82) is 0 Å². The van der Waals surface area contributed by atoms with Gasteiger partial charge >= 0.3 is 0 Å². The molecule has 0 aliphatic carbocycles. The van der Waals surface area contributed by atoms with E-state index in [1.807, 2.05) is 6.07 Å². The zero-order valence-electron chi connectivity index (χ0n) is 13.6. The lowest BCUT2D eigenvalue weighted by molar-refractivity contribution is 0.0349. The van der Waals surface area contributed by atoms with Crippen molar-refractivity contribution in [2.24, 2.45) is 5.92 Å². The first-order valence-electron chi connectivity index (χ1n) is 8.19. The third kappa shape index (κ3) is 10.5. The van der Waals surface area contributed by atoms with E-state index >= 15 is 0 Å². The number of nitrogens with one attached hydrogen (secondary N) is 1. The van der Waals surface area contributed by atoms with Crippen LogP contribution in [0.3, 0.4) is 0 Å². The van der Waals surface area contributed by atoms with Crippen molar-refractivity contribution in [3.63, 3.8) is 0 Å². The molecule has 0 spiro atoms. The maximum Gasteiger partial charge on any atom is 0.0897 e. The van der Waals surface area contributed by atoms with Crippen LogP contribution in [0.15, 0.2) is 30.3 Å². The maximum atomic E-state index is 9.79. The van der Waals surface area contributed by atoms with Gasteiger partial charge in [-0.3, -0.25) is 0 Å². The minimum Gasteiger partial charge on any atom is -0.389 e. The van der Waals surface area contributed by atoms with Crippen molar-refractivity contribution < 1.29 is 9.84 Å². The Morgan fingerprint density at radius 2 is 1.90 bits per heavy atom. The zero-order chi connectivity index (χ0) is 15.3. The van der Waals surface area contributed by atoms with E-state index < -0.39 is 6.10 Å². The molecule has 0 heterocycles. The van der Waals surface area contributed by atoms with E-state index in [0.29, 0.717) is 13.2 Å². The molecular weight excluding hydrogens is 262 g/mol. The van der Waals surface area contributed by atoms with Crippen LogP contribution in [0.5, 0.6) is 0 Å². The Hall–Kier alpha value is -0.900. The van der Waals surface area contributed by atoms with Crippen LogP contribution in [0, 0.1) is 5.92 Å². The predicted octanol–water partition coefficient (Wildman–Crippen LogP) is 3.02. The molecule has 21 heavy (non-hydrogen) atoms. The van der Waals surface area contributed by atoms with E-state index in [4.69, 9.17) is 4.74 Å². The van der Waals surface area contributed by atoms with Gasteiger partial charge in [0.05, 0.1) is 12.7 Å². The molecule has 0 saturated heterocycles. The Morgan fingerprint density at radius 3 is 2.62 bits per heavy atom. The van der Waals surface area contributed by atoms with Gasteiger partial charge in [0.15, 0.2) is 0 Å². The first kappa shape index (κ1) is 18.1. The number of rotatable bonds is 12. The highest BCUT2D eigenvalue weighted by Crippen LogP contribution is 2.03. The van der Waals surface area contributed by atoms with Gasteiger partial charge in [-0.25, -0.2) is 0 Å². The second-order valence-electron chi connectivity index (χ2n) is 6.06. The van der Waals surface area contributed by atoms with E-state index in [9.17, 15) is 5.11 Å². The minimum atomic E-state index is -0.402. The molecular formula is C18H31NO2. The quantitative estimate of drug-likeness (QED) is 0.582.